The zero-order valence-electron chi connectivity index (χ0n) is 9.24. The predicted molar refractivity (Wildman–Crippen MR) is 59.1 cm³/mol. The molecule has 0 spiro atoms. The fraction of sp³-hybridized carbons (Fsp3) is 0.600. The van der Waals surface area contributed by atoms with Gasteiger partial charge in [-0.1, -0.05) is 0 Å². The van der Waals surface area contributed by atoms with Crippen molar-refractivity contribution in [3.8, 4) is 0 Å². The molecule has 1 atom stereocenters. The zero-order chi connectivity index (χ0) is 12.5. The lowest BCUT2D eigenvalue weighted by Crippen LogP contribution is -2.31. The van der Waals surface area contributed by atoms with Gasteiger partial charge in [-0.2, -0.15) is 4.98 Å². The van der Waals surface area contributed by atoms with Gasteiger partial charge in [0, 0.05) is 18.0 Å². The summed E-state index contributed by atoms with van der Waals surface area (Å²) in [7, 11) is 0. The fourth-order valence-corrected chi connectivity index (χ4v) is 1.86. The van der Waals surface area contributed by atoms with E-state index in [1.165, 1.54) is 16.8 Å². The molecule has 0 radical (unpaired) electrons. The van der Waals surface area contributed by atoms with Gasteiger partial charge in [-0.05, 0) is 6.07 Å². The molecule has 2 heterocycles. The van der Waals surface area contributed by atoms with Crippen LogP contribution in [0.4, 0.5) is 5.82 Å². The number of nitrogen functional groups attached to an aromatic ring is 1. The Kier molecular flexibility index (Phi) is 3.14. The Morgan fingerprint density at radius 3 is 2.82 bits per heavy atom. The Bertz CT molecular complexity index is 455. The van der Waals surface area contributed by atoms with E-state index in [-0.39, 0.29) is 25.6 Å². The van der Waals surface area contributed by atoms with Crippen molar-refractivity contribution in [2.45, 2.75) is 12.6 Å². The number of aliphatic hydroxyl groups excluding tert-OH is 2. The third-order valence-corrected chi connectivity index (χ3v) is 3.02. The number of aromatic nitrogens is 2. The van der Waals surface area contributed by atoms with E-state index in [9.17, 15) is 15.0 Å². The van der Waals surface area contributed by atoms with Crippen molar-refractivity contribution >= 4 is 5.82 Å². The van der Waals surface area contributed by atoms with Gasteiger partial charge in [0.1, 0.15) is 12.0 Å². The molecule has 0 unspecified atom stereocenters. The number of hydrogen-bond donors (Lipinski definition) is 3. The number of aliphatic hydroxyl groups is 2. The first kappa shape index (κ1) is 12.0. The summed E-state index contributed by atoms with van der Waals surface area (Å²) in [4.78, 5) is 15.2. The van der Waals surface area contributed by atoms with E-state index in [0.29, 0.717) is 6.42 Å². The summed E-state index contributed by atoms with van der Waals surface area (Å²) in [6.45, 7) is -0.157. The first-order valence-corrected chi connectivity index (χ1v) is 5.28. The highest BCUT2D eigenvalue weighted by molar-refractivity contribution is 5.23. The number of hydrogen-bond acceptors (Lipinski definition) is 6. The van der Waals surface area contributed by atoms with Crippen LogP contribution in [0.1, 0.15) is 12.6 Å². The number of anilines is 1. The maximum atomic E-state index is 11.6. The van der Waals surface area contributed by atoms with Crippen molar-refractivity contribution in [3.63, 3.8) is 0 Å². The molecule has 0 aromatic carbocycles. The average molecular weight is 241 g/mol. The number of nitrogens with zero attached hydrogens (tertiary/aromatic N) is 2. The lowest BCUT2D eigenvalue weighted by Gasteiger charge is -2.21. The van der Waals surface area contributed by atoms with Crippen molar-refractivity contribution < 1.29 is 14.9 Å². The third-order valence-electron chi connectivity index (χ3n) is 3.02. The molecule has 1 aliphatic rings. The zero-order valence-corrected chi connectivity index (χ0v) is 9.24. The summed E-state index contributed by atoms with van der Waals surface area (Å²) in [6, 6.07) is 1.50. The van der Waals surface area contributed by atoms with E-state index < -0.39 is 17.3 Å². The molecule has 1 aliphatic heterocycles. The van der Waals surface area contributed by atoms with E-state index in [0.717, 1.165) is 0 Å². The molecule has 94 valence electrons. The van der Waals surface area contributed by atoms with Crippen molar-refractivity contribution in [1.29, 1.82) is 0 Å². The van der Waals surface area contributed by atoms with Crippen LogP contribution < -0.4 is 11.4 Å². The lowest BCUT2D eigenvalue weighted by molar-refractivity contribution is 0.0220. The highest BCUT2D eigenvalue weighted by Gasteiger charge is 2.40. The van der Waals surface area contributed by atoms with Crippen LogP contribution in [0.25, 0.3) is 0 Å². The van der Waals surface area contributed by atoms with Gasteiger partial charge in [0.05, 0.1) is 19.8 Å². The maximum Gasteiger partial charge on any atom is 0.351 e. The summed E-state index contributed by atoms with van der Waals surface area (Å²) in [5.74, 6) is 0.153. The van der Waals surface area contributed by atoms with Crippen molar-refractivity contribution in [1.82, 2.24) is 9.55 Å². The smallest absolute Gasteiger partial charge is 0.351 e. The summed E-state index contributed by atoms with van der Waals surface area (Å²) in [5.41, 5.74) is 4.20. The molecule has 1 saturated heterocycles. The summed E-state index contributed by atoms with van der Waals surface area (Å²) < 4.78 is 6.73. The summed E-state index contributed by atoms with van der Waals surface area (Å²) >= 11 is 0. The molecule has 0 aliphatic carbocycles. The second-order valence-corrected chi connectivity index (χ2v) is 4.33. The maximum absolute atomic E-state index is 11.6. The molecule has 0 saturated carbocycles. The van der Waals surface area contributed by atoms with Crippen molar-refractivity contribution in [2.24, 2.45) is 5.41 Å². The van der Waals surface area contributed by atoms with Gasteiger partial charge >= 0.3 is 5.69 Å². The Hall–Kier alpha value is -1.44. The van der Waals surface area contributed by atoms with Crippen LogP contribution in [0, 0.1) is 5.41 Å². The van der Waals surface area contributed by atoms with E-state index in [4.69, 9.17) is 10.5 Å². The standard InChI is InChI=1S/C10H15N3O4/c11-7-1-2-13(9(16)12-7)8-3-10(4-14,5-15)6-17-8/h1-2,8,14-15H,3-6H2,(H2,11,12,16)/t8-/m0/s1. The van der Waals surface area contributed by atoms with Gasteiger partial charge in [0.25, 0.3) is 0 Å². The highest BCUT2D eigenvalue weighted by Crippen LogP contribution is 2.36. The van der Waals surface area contributed by atoms with Crippen molar-refractivity contribution in [3.05, 3.63) is 22.7 Å². The molecule has 1 aromatic heterocycles. The van der Waals surface area contributed by atoms with Crippen molar-refractivity contribution in [2.75, 3.05) is 25.6 Å². The number of rotatable bonds is 3. The SMILES string of the molecule is Nc1ccn([C@@H]2CC(CO)(CO)CO2)c(=O)n1. The quantitative estimate of drug-likeness (QED) is 0.607. The van der Waals surface area contributed by atoms with Crippen LogP contribution in [0.2, 0.25) is 0 Å². The molecule has 17 heavy (non-hydrogen) atoms. The summed E-state index contributed by atoms with van der Waals surface area (Å²) in [5, 5.41) is 18.5. The van der Waals surface area contributed by atoms with E-state index in [1.54, 1.807) is 0 Å². The van der Waals surface area contributed by atoms with Crippen LogP contribution in [0.3, 0.4) is 0 Å². The Labute approximate surface area is 97.5 Å². The molecule has 7 heteroatoms. The molecule has 1 aromatic rings. The largest absolute Gasteiger partial charge is 0.396 e. The molecule has 2 rings (SSSR count). The number of ether oxygens (including phenoxy) is 1. The van der Waals surface area contributed by atoms with E-state index in [2.05, 4.69) is 4.98 Å². The van der Waals surface area contributed by atoms with Gasteiger partial charge in [-0.15, -0.1) is 0 Å². The van der Waals surface area contributed by atoms with E-state index >= 15 is 0 Å². The molecular formula is C10H15N3O4. The molecule has 0 amide bonds. The molecule has 1 fully saturated rings. The first-order valence-electron chi connectivity index (χ1n) is 5.28. The summed E-state index contributed by atoms with van der Waals surface area (Å²) in [6.07, 6.45) is 1.35. The normalized spacial score (nSPS) is 22.8. The van der Waals surface area contributed by atoms with Gasteiger partial charge < -0.3 is 20.7 Å². The van der Waals surface area contributed by atoms with Crippen LogP contribution in [0.15, 0.2) is 17.1 Å². The first-order chi connectivity index (χ1) is 8.10. The van der Waals surface area contributed by atoms with Crippen LogP contribution in [-0.2, 0) is 4.74 Å². The average Bonchev–Trinajstić information content (AvgIpc) is 2.74. The third kappa shape index (κ3) is 2.17. The number of nitrogens with two attached hydrogens (primary N) is 1. The Morgan fingerprint density at radius 2 is 2.29 bits per heavy atom. The molecule has 4 N–H and O–H groups in total. The van der Waals surface area contributed by atoms with Gasteiger partial charge in [0.15, 0.2) is 0 Å². The Balaban J connectivity index is 2.23. The highest BCUT2D eigenvalue weighted by atomic mass is 16.5. The molecular weight excluding hydrogens is 226 g/mol. The Morgan fingerprint density at radius 1 is 1.59 bits per heavy atom. The second-order valence-electron chi connectivity index (χ2n) is 4.33. The fourth-order valence-electron chi connectivity index (χ4n) is 1.86. The molecule has 0 bridgehead atoms. The van der Waals surface area contributed by atoms with Crippen LogP contribution in [-0.4, -0.2) is 39.6 Å². The minimum absolute atomic E-state index is 0.153. The lowest BCUT2D eigenvalue weighted by atomic mass is 9.89. The second kappa shape index (κ2) is 4.44. The van der Waals surface area contributed by atoms with E-state index in [1.807, 2.05) is 0 Å². The minimum Gasteiger partial charge on any atom is -0.396 e. The van der Waals surface area contributed by atoms with Gasteiger partial charge in [0.2, 0.25) is 0 Å². The van der Waals surface area contributed by atoms with Gasteiger partial charge in [-0.3, -0.25) is 4.57 Å². The monoisotopic (exact) mass is 241 g/mol. The predicted octanol–water partition coefficient (Wildman–Crippen LogP) is -1.28. The molecule has 7 nitrogen and oxygen atoms in total. The van der Waals surface area contributed by atoms with Gasteiger partial charge in [-0.25, -0.2) is 4.79 Å². The minimum atomic E-state index is -0.689. The van der Waals surface area contributed by atoms with Crippen LogP contribution in [0.5, 0.6) is 0 Å². The topological polar surface area (TPSA) is 111 Å². The van der Waals surface area contributed by atoms with Crippen LogP contribution >= 0.6 is 0 Å².